The van der Waals surface area contributed by atoms with Crippen LogP contribution in [0.1, 0.15) is 15.9 Å². The lowest BCUT2D eigenvalue weighted by atomic mass is 10.1. The molecule has 0 atom stereocenters. The molecule has 6 nitrogen and oxygen atoms in total. The lowest BCUT2D eigenvalue weighted by molar-refractivity contribution is -0.118. The van der Waals surface area contributed by atoms with Crippen LogP contribution in [0.2, 0.25) is 10.0 Å². The maximum absolute atomic E-state index is 12.9. The molecule has 1 saturated heterocycles. The average molecular weight is 498 g/mol. The van der Waals surface area contributed by atoms with E-state index >= 15 is 0 Å². The summed E-state index contributed by atoms with van der Waals surface area (Å²) in [6.07, 6.45) is 0. The molecule has 0 aromatic heterocycles. The van der Waals surface area contributed by atoms with Gasteiger partial charge in [0.15, 0.2) is 6.61 Å². The van der Waals surface area contributed by atoms with Crippen molar-refractivity contribution in [2.45, 2.75) is 6.92 Å². The number of rotatable bonds is 6. The van der Waals surface area contributed by atoms with Crippen LogP contribution < -0.4 is 15.0 Å². The minimum atomic E-state index is -0.313. The van der Waals surface area contributed by atoms with Gasteiger partial charge in [-0.25, -0.2) is 0 Å². The van der Waals surface area contributed by atoms with Crippen molar-refractivity contribution in [1.82, 2.24) is 4.90 Å². The first-order valence-corrected chi connectivity index (χ1v) is 11.7. The molecule has 0 bridgehead atoms. The summed E-state index contributed by atoms with van der Waals surface area (Å²) in [4.78, 5) is 29.2. The highest BCUT2D eigenvalue weighted by molar-refractivity contribution is 6.33. The number of ether oxygens (including phenoxy) is 1. The van der Waals surface area contributed by atoms with Crippen LogP contribution in [0.4, 0.5) is 11.4 Å². The Labute approximate surface area is 209 Å². The zero-order valence-electron chi connectivity index (χ0n) is 18.8. The van der Waals surface area contributed by atoms with Crippen LogP contribution >= 0.6 is 23.2 Å². The lowest BCUT2D eigenvalue weighted by Crippen LogP contribution is -2.49. The fourth-order valence-electron chi connectivity index (χ4n) is 3.88. The maximum Gasteiger partial charge on any atom is 0.262 e. The summed E-state index contributed by atoms with van der Waals surface area (Å²) in [6, 6.07) is 20.0. The van der Waals surface area contributed by atoms with Gasteiger partial charge in [-0.2, -0.15) is 0 Å². The van der Waals surface area contributed by atoms with Crippen molar-refractivity contribution in [3.05, 3.63) is 87.9 Å². The number of para-hydroxylation sites is 1. The third-order valence-corrected chi connectivity index (χ3v) is 6.32. The lowest BCUT2D eigenvalue weighted by Gasteiger charge is -2.36. The van der Waals surface area contributed by atoms with Gasteiger partial charge in [-0.05, 0) is 48.9 Å². The van der Waals surface area contributed by atoms with Crippen molar-refractivity contribution in [3.8, 4) is 5.75 Å². The van der Waals surface area contributed by atoms with Crippen LogP contribution in [0, 0.1) is 6.92 Å². The van der Waals surface area contributed by atoms with E-state index in [1.165, 1.54) is 0 Å². The third kappa shape index (κ3) is 5.64. The number of carbonyl (C=O) groups is 2. The average Bonchev–Trinajstić information content (AvgIpc) is 2.84. The van der Waals surface area contributed by atoms with Gasteiger partial charge in [0.25, 0.3) is 11.8 Å². The molecule has 34 heavy (non-hydrogen) atoms. The summed E-state index contributed by atoms with van der Waals surface area (Å²) in [5.41, 5.74) is 3.17. The number of hydrogen-bond donors (Lipinski definition) is 1. The topological polar surface area (TPSA) is 61.9 Å². The zero-order valence-corrected chi connectivity index (χ0v) is 20.3. The van der Waals surface area contributed by atoms with Crippen molar-refractivity contribution in [2.24, 2.45) is 0 Å². The van der Waals surface area contributed by atoms with E-state index < -0.39 is 0 Å². The highest BCUT2D eigenvalue weighted by atomic mass is 35.5. The third-order valence-electron chi connectivity index (χ3n) is 5.71. The molecule has 8 heteroatoms. The quantitative estimate of drug-likeness (QED) is 0.503. The number of hydrogen-bond acceptors (Lipinski definition) is 4. The van der Waals surface area contributed by atoms with E-state index in [1.807, 2.05) is 42.2 Å². The maximum atomic E-state index is 12.9. The van der Waals surface area contributed by atoms with Crippen LogP contribution in [0.3, 0.4) is 0 Å². The number of amides is 2. The zero-order chi connectivity index (χ0) is 24.1. The minimum Gasteiger partial charge on any atom is -0.482 e. The van der Waals surface area contributed by atoms with Gasteiger partial charge in [0, 0.05) is 37.4 Å². The molecule has 0 radical (unpaired) electrons. The van der Waals surface area contributed by atoms with Crippen LogP contribution in [0.25, 0.3) is 0 Å². The Bertz CT molecular complexity index is 1190. The van der Waals surface area contributed by atoms with Crippen LogP contribution in [0.5, 0.6) is 5.75 Å². The summed E-state index contributed by atoms with van der Waals surface area (Å²) in [7, 11) is 0. The molecule has 3 aromatic carbocycles. The molecule has 1 aliphatic rings. The van der Waals surface area contributed by atoms with Crippen molar-refractivity contribution in [2.75, 3.05) is 43.0 Å². The number of nitrogens with zero attached hydrogens (tertiary/aromatic N) is 2. The molecule has 3 aromatic rings. The molecular formula is C26H25Cl2N3O3. The van der Waals surface area contributed by atoms with Gasteiger partial charge >= 0.3 is 0 Å². The second kappa shape index (κ2) is 10.8. The largest absolute Gasteiger partial charge is 0.482 e. The van der Waals surface area contributed by atoms with E-state index in [-0.39, 0.29) is 18.4 Å². The molecule has 4 rings (SSSR count). The van der Waals surface area contributed by atoms with Crippen molar-refractivity contribution >= 4 is 46.4 Å². The van der Waals surface area contributed by atoms with E-state index in [4.69, 9.17) is 27.9 Å². The van der Waals surface area contributed by atoms with Crippen molar-refractivity contribution in [1.29, 1.82) is 0 Å². The summed E-state index contributed by atoms with van der Waals surface area (Å²) in [5.74, 6) is 0.195. The molecule has 1 N–H and O–H groups in total. The first kappa shape index (κ1) is 23.9. The Morgan fingerprint density at radius 1 is 0.912 bits per heavy atom. The molecule has 0 spiro atoms. The second-order valence-corrected chi connectivity index (χ2v) is 8.84. The van der Waals surface area contributed by atoms with E-state index in [0.29, 0.717) is 47.7 Å². The Balaban J connectivity index is 1.32. The van der Waals surface area contributed by atoms with Crippen LogP contribution in [-0.4, -0.2) is 49.5 Å². The SMILES string of the molecule is Cc1ccccc1C(=O)N1CCN(c2ccc(NC(=O)COc3ccccc3Cl)cc2Cl)CC1. The summed E-state index contributed by atoms with van der Waals surface area (Å²) in [5, 5.41) is 3.76. The number of carbonyl (C=O) groups excluding carboxylic acids is 2. The number of nitrogens with one attached hydrogen (secondary N) is 1. The van der Waals surface area contributed by atoms with Gasteiger partial charge in [-0.3, -0.25) is 9.59 Å². The molecule has 1 heterocycles. The smallest absolute Gasteiger partial charge is 0.262 e. The van der Waals surface area contributed by atoms with Gasteiger partial charge < -0.3 is 19.9 Å². The summed E-state index contributed by atoms with van der Waals surface area (Å²) in [6.45, 7) is 4.36. The van der Waals surface area contributed by atoms with Gasteiger partial charge in [0.05, 0.1) is 15.7 Å². The number of anilines is 2. The monoisotopic (exact) mass is 497 g/mol. The number of aryl methyl sites for hydroxylation is 1. The predicted molar refractivity (Wildman–Crippen MR) is 136 cm³/mol. The molecule has 0 saturated carbocycles. The fraction of sp³-hybridized carbons (Fsp3) is 0.231. The van der Waals surface area contributed by atoms with Gasteiger partial charge in [-0.15, -0.1) is 0 Å². The fourth-order valence-corrected chi connectivity index (χ4v) is 4.37. The Morgan fingerprint density at radius 2 is 1.62 bits per heavy atom. The van der Waals surface area contributed by atoms with Crippen LogP contribution in [-0.2, 0) is 4.79 Å². The van der Waals surface area contributed by atoms with Crippen molar-refractivity contribution in [3.63, 3.8) is 0 Å². The number of benzene rings is 3. The van der Waals surface area contributed by atoms with Gasteiger partial charge in [0.2, 0.25) is 0 Å². The Hall–Kier alpha value is -3.22. The van der Waals surface area contributed by atoms with Gasteiger partial charge in [0.1, 0.15) is 5.75 Å². The van der Waals surface area contributed by atoms with Crippen LogP contribution in [0.15, 0.2) is 66.7 Å². The normalized spacial score (nSPS) is 13.5. The molecular weight excluding hydrogens is 473 g/mol. The summed E-state index contributed by atoms with van der Waals surface area (Å²) < 4.78 is 5.47. The number of halogens is 2. The number of piperazine rings is 1. The predicted octanol–water partition coefficient (Wildman–Crippen LogP) is 5.28. The molecule has 176 valence electrons. The highest BCUT2D eigenvalue weighted by Gasteiger charge is 2.24. The second-order valence-electron chi connectivity index (χ2n) is 8.03. The first-order chi connectivity index (χ1) is 16.4. The van der Waals surface area contributed by atoms with E-state index in [1.54, 1.807) is 36.4 Å². The van der Waals surface area contributed by atoms with E-state index in [2.05, 4.69) is 10.2 Å². The summed E-state index contributed by atoms with van der Waals surface area (Å²) >= 11 is 12.6. The minimum absolute atomic E-state index is 0.0564. The Morgan fingerprint density at radius 3 is 2.32 bits per heavy atom. The Kier molecular flexibility index (Phi) is 7.60. The molecule has 1 fully saturated rings. The van der Waals surface area contributed by atoms with Crippen molar-refractivity contribution < 1.29 is 14.3 Å². The molecule has 1 aliphatic heterocycles. The van der Waals surface area contributed by atoms with E-state index in [9.17, 15) is 9.59 Å². The molecule has 0 aliphatic carbocycles. The molecule has 0 unspecified atom stereocenters. The molecule has 2 amide bonds. The standard InChI is InChI=1S/C26H25Cl2N3O3/c1-18-6-2-3-7-20(18)26(33)31-14-12-30(13-15-31)23-11-10-19(16-22(23)28)29-25(32)17-34-24-9-5-4-8-21(24)27/h2-11,16H,12-15,17H2,1H3,(H,29,32). The highest BCUT2D eigenvalue weighted by Crippen LogP contribution is 2.30. The first-order valence-electron chi connectivity index (χ1n) is 11.0. The van der Waals surface area contributed by atoms with E-state index in [0.717, 1.165) is 16.8 Å². The van der Waals surface area contributed by atoms with Gasteiger partial charge in [-0.1, -0.05) is 53.5 Å².